The zero-order valence-corrected chi connectivity index (χ0v) is 12.9. The van der Waals surface area contributed by atoms with Gasteiger partial charge in [0.15, 0.2) is 5.11 Å². The zero-order valence-electron chi connectivity index (χ0n) is 11.2. The first-order valence-electron chi connectivity index (χ1n) is 6.29. The van der Waals surface area contributed by atoms with Crippen LogP contribution in [-0.2, 0) is 0 Å². The van der Waals surface area contributed by atoms with Crippen molar-refractivity contribution in [3.05, 3.63) is 28.8 Å². The van der Waals surface area contributed by atoms with Crippen LogP contribution < -0.4 is 5.32 Å². The first-order chi connectivity index (χ1) is 8.58. The second kappa shape index (κ2) is 5.93. The number of nitrogens with one attached hydrogen (secondary N) is 1. The van der Waals surface area contributed by atoms with Crippen LogP contribution in [0.15, 0.2) is 12.1 Å². The van der Waals surface area contributed by atoms with E-state index in [1.165, 1.54) is 28.2 Å². The fourth-order valence-corrected chi connectivity index (χ4v) is 3.25. The molecule has 0 atom stereocenters. The summed E-state index contributed by atoms with van der Waals surface area (Å²) in [5.74, 6) is 2.35. The Hall–Kier alpha value is -0.740. The molecule has 4 heteroatoms. The number of hydrogen-bond donors (Lipinski definition) is 1. The number of hydrogen-bond acceptors (Lipinski definition) is 2. The van der Waals surface area contributed by atoms with Crippen LogP contribution in [0.25, 0.3) is 0 Å². The van der Waals surface area contributed by atoms with Gasteiger partial charge >= 0.3 is 0 Å². The molecule has 1 aromatic carbocycles. The highest BCUT2D eigenvalue weighted by molar-refractivity contribution is 7.99. The first kappa shape index (κ1) is 13.7. The van der Waals surface area contributed by atoms with Gasteiger partial charge < -0.3 is 10.2 Å². The zero-order chi connectivity index (χ0) is 13.1. The summed E-state index contributed by atoms with van der Waals surface area (Å²) >= 11 is 7.50. The van der Waals surface area contributed by atoms with Gasteiger partial charge in [-0.2, -0.15) is 11.8 Å². The van der Waals surface area contributed by atoms with Gasteiger partial charge in [0.2, 0.25) is 0 Å². The molecule has 1 fully saturated rings. The summed E-state index contributed by atoms with van der Waals surface area (Å²) < 4.78 is 0. The number of thiocarbonyl (C=S) groups is 1. The van der Waals surface area contributed by atoms with Crippen LogP contribution in [0.5, 0.6) is 0 Å². The summed E-state index contributed by atoms with van der Waals surface area (Å²) in [7, 11) is 0. The summed E-state index contributed by atoms with van der Waals surface area (Å²) in [6, 6.07) is 4.40. The van der Waals surface area contributed by atoms with Crippen molar-refractivity contribution in [3.8, 4) is 0 Å². The summed E-state index contributed by atoms with van der Waals surface area (Å²) in [6.45, 7) is 8.52. The molecule has 0 amide bonds. The molecule has 1 aromatic rings. The minimum atomic E-state index is 0.863. The topological polar surface area (TPSA) is 15.3 Å². The lowest BCUT2D eigenvalue weighted by Crippen LogP contribution is -2.40. The number of rotatable bonds is 1. The van der Waals surface area contributed by atoms with Crippen molar-refractivity contribution in [2.24, 2.45) is 0 Å². The predicted octanol–water partition coefficient (Wildman–Crippen LogP) is 3.36. The molecule has 0 saturated carbocycles. The maximum absolute atomic E-state index is 5.50. The normalized spacial score (nSPS) is 15.6. The van der Waals surface area contributed by atoms with Crippen molar-refractivity contribution in [1.82, 2.24) is 4.90 Å². The fraction of sp³-hybridized carbons (Fsp3) is 0.500. The van der Waals surface area contributed by atoms with Crippen molar-refractivity contribution >= 4 is 34.8 Å². The van der Waals surface area contributed by atoms with E-state index >= 15 is 0 Å². The van der Waals surface area contributed by atoms with Crippen LogP contribution in [0.3, 0.4) is 0 Å². The van der Waals surface area contributed by atoms with E-state index in [9.17, 15) is 0 Å². The SMILES string of the molecule is Cc1cc(C)c(NC(=S)N2CCSCC2)cc1C. The minimum Gasteiger partial charge on any atom is -0.347 e. The van der Waals surface area contributed by atoms with Crippen LogP contribution in [-0.4, -0.2) is 34.6 Å². The molecular weight excluding hydrogens is 260 g/mol. The highest BCUT2D eigenvalue weighted by Gasteiger charge is 2.14. The van der Waals surface area contributed by atoms with Crippen molar-refractivity contribution in [2.45, 2.75) is 20.8 Å². The fourth-order valence-electron chi connectivity index (χ4n) is 2.06. The van der Waals surface area contributed by atoms with Crippen LogP contribution in [0.4, 0.5) is 5.69 Å². The Morgan fingerprint density at radius 1 is 1.11 bits per heavy atom. The second-order valence-corrected chi connectivity index (χ2v) is 6.39. The monoisotopic (exact) mass is 280 g/mol. The molecule has 0 aliphatic carbocycles. The third-order valence-corrected chi connectivity index (χ3v) is 4.68. The van der Waals surface area contributed by atoms with Crippen LogP contribution >= 0.6 is 24.0 Å². The highest BCUT2D eigenvalue weighted by Crippen LogP contribution is 2.21. The van der Waals surface area contributed by atoms with E-state index in [4.69, 9.17) is 12.2 Å². The van der Waals surface area contributed by atoms with E-state index in [1.807, 2.05) is 11.8 Å². The smallest absolute Gasteiger partial charge is 0.173 e. The molecule has 0 unspecified atom stereocenters. The molecule has 1 heterocycles. The van der Waals surface area contributed by atoms with Crippen molar-refractivity contribution in [2.75, 3.05) is 29.9 Å². The second-order valence-electron chi connectivity index (χ2n) is 4.78. The van der Waals surface area contributed by atoms with E-state index < -0.39 is 0 Å². The summed E-state index contributed by atoms with van der Waals surface area (Å²) in [5, 5.41) is 4.26. The molecule has 2 nitrogen and oxygen atoms in total. The summed E-state index contributed by atoms with van der Waals surface area (Å²) in [5.41, 5.74) is 5.03. The number of nitrogens with zero attached hydrogens (tertiary/aromatic N) is 1. The van der Waals surface area contributed by atoms with Gasteiger partial charge in [0.1, 0.15) is 0 Å². The third-order valence-electron chi connectivity index (χ3n) is 3.38. The first-order valence-corrected chi connectivity index (χ1v) is 7.86. The molecule has 1 aliphatic heterocycles. The number of aryl methyl sites for hydroxylation is 3. The predicted molar refractivity (Wildman–Crippen MR) is 85.8 cm³/mol. The number of anilines is 1. The quantitative estimate of drug-likeness (QED) is 0.793. The maximum Gasteiger partial charge on any atom is 0.173 e. The lowest BCUT2D eigenvalue weighted by Gasteiger charge is -2.29. The average Bonchev–Trinajstić information content (AvgIpc) is 2.37. The van der Waals surface area contributed by atoms with Crippen molar-refractivity contribution in [3.63, 3.8) is 0 Å². The third kappa shape index (κ3) is 3.18. The van der Waals surface area contributed by atoms with Gasteiger partial charge in [-0.3, -0.25) is 0 Å². The average molecular weight is 280 g/mol. The van der Waals surface area contributed by atoms with Gasteiger partial charge in [-0.15, -0.1) is 0 Å². The molecule has 0 aromatic heterocycles. The van der Waals surface area contributed by atoms with Gasteiger partial charge in [-0.05, 0) is 55.7 Å². The Balaban J connectivity index is 2.08. The van der Waals surface area contributed by atoms with E-state index in [1.54, 1.807) is 0 Å². The molecule has 1 saturated heterocycles. The maximum atomic E-state index is 5.50. The van der Waals surface area contributed by atoms with Crippen molar-refractivity contribution in [1.29, 1.82) is 0 Å². The van der Waals surface area contributed by atoms with Crippen LogP contribution in [0.2, 0.25) is 0 Å². The van der Waals surface area contributed by atoms with Gasteiger partial charge in [0.05, 0.1) is 0 Å². The molecule has 0 bridgehead atoms. The summed E-state index contributed by atoms with van der Waals surface area (Å²) in [6.07, 6.45) is 0. The lowest BCUT2D eigenvalue weighted by atomic mass is 10.1. The Morgan fingerprint density at radius 2 is 1.72 bits per heavy atom. The molecule has 1 N–H and O–H groups in total. The molecule has 18 heavy (non-hydrogen) atoms. The standard InChI is InChI=1S/C14H20N2S2/c1-10-8-12(3)13(9-11(10)2)15-14(17)16-4-6-18-7-5-16/h8-9H,4-7H2,1-3H3,(H,15,17). The van der Waals surface area contributed by atoms with E-state index in [2.05, 4.69) is 43.1 Å². The lowest BCUT2D eigenvalue weighted by molar-refractivity contribution is 0.470. The highest BCUT2D eigenvalue weighted by atomic mass is 32.2. The molecule has 0 radical (unpaired) electrons. The van der Waals surface area contributed by atoms with Gasteiger partial charge in [0.25, 0.3) is 0 Å². The van der Waals surface area contributed by atoms with Gasteiger partial charge in [-0.1, -0.05) is 6.07 Å². The van der Waals surface area contributed by atoms with E-state index in [0.29, 0.717) is 0 Å². The summed E-state index contributed by atoms with van der Waals surface area (Å²) in [4.78, 5) is 2.26. The minimum absolute atomic E-state index is 0.863. The molecule has 98 valence electrons. The van der Waals surface area contributed by atoms with E-state index in [0.717, 1.165) is 23.9 Å². The Bertz CT molecular complexity index is 451. The molecule has 0 spiro atoms. The van der Waals surface area contributed by atoms with Gasteiger partial charge in [0, 0.05) is 30.3 Å². The molecular formula is C14H20N2S2. The van der Waals surface area contributed by atoms with E-state index in [-0.39, 0.29) is 0 Å². The Kier molecular flexibility index (Phi) is 4.51. The van der Waals surface area contributed by atoms with Crippen LogP contribution in [0, 0.1) is 20.8 Å². The number of benzene rings is 1. The van der Waals surface area contributed by atoms with Crippen LogP contribution in [0.1, 0.15) is 16.7 Å². The molecule has 1 aliphatic rings. The largest absolute Gasteiger partial charge is 0.347 e. The van der Waals surface area contributed by atoms with Crippen molar-refractivity contribution < 1.29 is 0 Å². The van der Waals surface area contributed by atoms with Gasteiger partial charge in [-0.25, -0.2) is 0 Å². The Morgan fingerprint density at radius 3 is 2.39 bits per heavy atom. The molecule has 2 rings (SSSR count). The Labute approximate surface area is 119 Å². The number of thioether (sulfide) groups is 1.